The third-order valence-electron chi connectivity index (χ3n) is 2.60. The summed E-state index contributed by atoms with van der Waals surface area (Å²) < 4.78 is 10.4. The molecule has 0 unspecified atom stereocenters. The van der Waals surface area contributed by atoms with Crippen LogP contribution in [-0.4, -0.2) is 51.5 Å². The van der Waals surface area contributed by atoms with E-state index in [0.717, 1.165) is 26.2 Å². The number of likely N-dealkylation sites (tertiary alicyclic amines) is 1. The van der Waals surface area contributed by atoms with Crippen molar-refractivity contribution in [3.63, 3.8) is 0 Å². The second kappa shape index (κ2) is 8.21. The number of rotatable bonds is 8. The molecule has 1 heterocycles. The molecule has 1 rings (SSSR count). The second-order valence-corrected chi connectivity index (χ2v) is 3.86. The van der Waals surface area contributed by atoms with E-state index in [2.05, 4.69) is 4.90 Å². The van der Waals surface area contributed by atoms with E-state index in [4.69, 9.17) is 9.47 Å². The molecular weight excluding hydrogens is 178 g/mol. The number of hydrogen-bond acceptors (Lipinski definition) is 3. The van der Waals surface area contributed by atoms with Crippen molar-refractivity contribution in [2.45, 2.75) is 25.7 Å². The molecule has 0 amide bonds. The zero-order chi connectivity index (χ0) is 10.1. The largest absolute Gasteiger partial charge is 0.385 e. The molecule has 1 fully saturated rings. The zero-order valence-electron chi connectivity index (χ0n) is 9.33. The van der Waals surface area contributed by atoms with Crippen molar-refractivity contribution >= 4 is 0 Å². The molecule has 0 aromatic carbocycles. The van der Waals surface area contributed by atoms with Gasteiger partial charge in [0.2, 0.25) is 0 Å². The summed E-state index contributed by atoms with van der Waals surface area (Å²) in [5, 5.41) is 0. The molecule has 14 heavy (non-hydrogen) atoms. The monoisotopic (exact) mass is 201 g/mol. The molecule has 0 spiro atoms. The quantitative estimate of drug-likeness (QED) is 0.556. The zero-order valence-corrected chi connectivity index (χ0v) is 9.33. The highest BCUT2D eigenvalue weighted by Crippen LogP contribution is 2.07. The first kappa shape index (κ1) is 12.0. The summed E-state index contributed by atoms with van der Waals surface area (Å²) in [5.74, 6) is 0. The first-order chi connectivity index (χ1) is 6.93. The van der Waals surface area contributed by atoms with Gasteiger partial charge in [0.15, 0.2) is 0 Å². The van der Waals surface area contributed by atoms with Crippen LogP contribution in [0.2, 0.25) is 0 Å². The number of methoxy groups -OCH3 is 1. The van der Waals surface area contributed by atoms with Gasteiger partial charge in [-0.1, -0.05) is 0 Å². The molecule has 1 saturated heterocycles. The van der Waals surface area contributed by atoms with E-state index in [1.54, 1.807) is 7.11 Å². The smallest absolute Gasteiger partial charge is 0.0487 e. The Bertz CT molecular complexity index is 124. The fourth-order valence-electron chi connectivity index (χ4n) is 1.80. The Balaban J connectivity index is 1.75. The van der Waals surface area contributed by atoms with Gasteiger partial charge in [0.25, 0.3) is 0 Å². The fraction of sp³-hybridized carbons (Fsp3) is 1.00. The predicted octanol–water partition coefficient (Wildman–Crippen LogP) is 1.53. The van der Waals surface area contributed by atoms with E-state index in [0.29, 0.717) is 0 Å². The molecule has 3 heteroatoms. The molecule has 0 radical (unpaired) electrons. The number of ether oxygens (including phenoxy) is 2. The summed E-state index contributed by atoms with van der Waals surface area (Å²) in [6.07, 6.45) is 4.95. The van der Waals surface area contributed by atoms with Gasteiger partial charge < -0.3 is 14.4 Å². The molecule has 0 aromatic rings. The van der Waals surface area contributed by atoms with Crippen LogP contribution in [0.1, 0.15) is 25.7 Å². The van der Waals surface area contributed by atoms with Crippen LogP contribution in [0.15, 0.2) is 0 Å². The highest BCUT2D eigenvalue weighted by Gasteiger charge is 2.09. The van der Waals surface area contributed by atoms with Crippen LogP contribution < -0.4 is 0 Å². The van der Waals surface area contributed by atoms with Gasteiger partial charge in [-0.3, -0.25) is 0 Å². The van der Waals surface area contributed by atoms with Crippen molar-refractivity contribution in [3.8, 4) is 0 Å². The van der Waals surface area contributed by atoms with Gasteiger partial charge in [-0.25, -0.2) is 0 Å². The van der Waals surface area contributed by atoms with E-state index in [1.807, 2.05) is 0 Å². The molecule has 3 nitrogen and oxygen atoms in total. The molecule has 0 atom stereocenters. The summed E-state index contributed by atoms with van der Waals surface area (Å²) in [6.45, 7) is 6.36. The molecule has 84 valence electrons. The summed E-state index contributed by atoms with van der Waals surface area (Å²) in [5.41, 5.74) is 0. The Hall–Kier alpha value is -0.120. The molecule has 0 N–H and O–H groups in total. The first-order valence-electron chi connectivity index (χ1n) is 5.72. The molecule has 1 aliphatic rings. The van der Waals surface area contributed by atoms with Crippen LogP contribution >= 0.6 is 0 Å². The van der Waals surface area contributed by atoms with Gasteiger partial charge in [0.1, 0.15) is 0 Å². The molecule has 0 saturated carbocycles. The van der Waals surface area contributed by atoms with Crippen molar-refractivity contribution in [3.05, 3.63) is 0 Å². The van der Waals surface area contributed by atoms with E-state index in [9.17, 15) is 0 Å². The SMILES string of the molecule is COCCCOCCCN1CCCC1. The number of nitrogens with zero attached hydrogens (tertiary/aromatic N) is 1. The van der Waals surface area contributed by atoms with Gasteiger partial charge in [-0.2, -0.15) is 0 Å². The van der Waals surface area contributed by atoms with E-state index >= 15 is 0 Å². The van der Waals surface area contributed by atoms with Crippen molar-refractivity contribution in [1.29, 1.82) is 0 Å². The Morgan fingerprint density at radius 3 is 2.43 bits per heavy atom. The van der Waals surface area contributed by atoms with E-state index in [1.165, 1.54) is 38.9 Å². The predicted molar refractivity (Wildman–Crippen MR) is 57.6 cm³/mol. The Labute approximate surface area is 87.4 Å². The highest BCUT2D eigenvalue weighted by molar-refractivity contribution is 4.65. The Kier molecular flexibility index (Phi) is 7.01. The minimum atomic E-state index is 0.812. The van der Waals surface area contributed by atoms with Gasteiger partial charge in [-0.05, 0) is 38.8 Å². The molecule has 0 aliphatic carbocycles. The van der Waals surface area contributed by atoms with Crippen LogP contribution in [0, 0.1) is 0 Å². The normalized spacial score (nSPS) is 17.8. The fourth-order valence-corrected chi connectivity index (χ4v) is 1.80. The second-order valence-electron chi connectivity index (χ2n) is 3.86. The summed E-state index contributed by atoms with van der Waals surface area (Å²) in [4.78, 5) is 2.53. The third kappa shape index (κ3) is 5.58. The van der Waals surface area contributed by atoms with Crippen LogP contribution in [0.25, 0.3) is 0 Å². The van der Waals surface area contributed by atoms with Crippen LogP contribution in [0.5, 0.6) is 0 Å². The summed E-state index contributed by atoms with van der Waals surface area (Å²) in [6, 6.07) is 0. The Morgan fingerprint density at radius 2 is 1.71 bits per heavy atom. The van der Waals surface area contributed by atoms with Crippen molar-refractivity contribution < 1.29 is 9.47 Å². The Morgan fingerprint density at radius 1 is 1.00 bits per heavy atom. The maximum absolute atomic E-state index is 5.49. The van der Waals surface area contributed by atoms with Crippen LogP contribution in [0.3, 0.4) is 0 Å². The molecule has 0 bridgehead atoms. The first-order valence-corrected chi connectivity index (χ1v) is 5.72. The molecular formula is C11H23NO2. The van der Waals surface area contributed by atoms with E-state index < -0.39 is 0 Å². The highest BCUT2D eigenvalue weighted by atomic mass is 16.5. The standard InChI is InChI=1S/C11H23NO2/c1-13-9-5-11-14-10-4-8-12-6-2-3-7-12/h2-11H2,1H3. The van der Waals surface area contributed by atoms with E-state index in [-0.39, 0.29) is 0 Å². The van der Waals surface area contributed by atoms with Crippen molar-refractivity contribution in [2.24, 2.45) is 0 Å². The number of hydrogen-bond donors (Lipinski definition) is 0. The average molecular weight is 201 g/mol. The van der Waals surface area contributed by atoms with Gasteiger partial charge >= 0.3 is 0 Å². The minimum Gasteiger partial charge on any atom is -0.385 e. The van der Waals surface area contributed by atoms with Crippen molar-refractivity contribution in [2.75, 3.05) is 46.6 Å². The lowest BCUT2D eigenvalue weighted by Crippen LogP contribution is -2.21. The van der Waals surface area contributed by atoms with Gasteiger partial charge in [0, 0.05) is 33.5 Å². The molecule has 1 aliphatic heterocycles. The van der Waals surface area contributed by atoms with Crippen LogP contribution in [0.4, 0.5) is 0 Å². The lowest BCUT2D eigenvalue weighted by atomic mass is 10.4. The van der Waals surface area contributed by atoms with Gasteiger partial charge in [0.05, 0.1) is 0 Å². The van der Waals surface area contributed by atoms with Crippen molar-refractivity contribution in [1.82, 2.24) is 4.90 Å². The summed E-state index contributed by atoms with van der Waals surface area (Å²) in [7, 11) is 1.73. The topological polar surface area (TPSA) is 21.7 Å². The maximum atomic E-state index is 5.49. The average Bonchev–Trinajstić information content (AvgIpc) is 2.69. The lowest BCUT2D eigenvalue weighted by molar-refractivity contribution is 0.0966. The lowest BCUT2D eigenvalue weighted by Gasteiger charge is -2.13. The van der Waals surface area contributed by atoms with Gasteiger partial charge in [-0.15, -0.1) is 0 Å². The molecule has 0 aromatic heterocycles. The maximum Gasteiger partial charge on any atom is 0.0487 e. The third-order valence-corrected chi connectivity index (χ3v) is 2.60. The minimum absolute atomic E-state index is 0.812. The summed E-state index contributed by atoms with van der Waals surface area (Å²) >= 11 is 0. The van der Waals surface area contributed by atoms with Crippen LogP contribution in [-0.2, 0) is 9.47 Å².